The van der Waals surface area contributed by atoms with Gasteiger partial charge in [-0.15, -0.1) is 11.3 Å². The first-order chi connectivity index (χ1) is 13.6. The molecule has 6 nitrogen and oxygen atoms in total. The molecule has 0 atom stereocenters. The van der Waals surface area contributed by atoms with Crippen molar-refractivity contribution >= 4 is 34.0 Å². The number of hydrogen-bond donors (Lipinski definition) is 1. The number of fused-ring (bicyclic) bond motifs is 3. The number of ether oxygens (including phenoxy) is 1. The summed E-state index contributed by atoms with van der Waals surface area (Å²) in [7, 11) is 0. The summed E-state index contributed by atoms with van der Waals surface area (Å²) in [6.07, 6.45) is 2.45. The molecule has 28 heavy (non-hydrogen) atoms. The molecule has 0 unspecified atom stereocenters. The van der Waals surface area contributed by atoms with Gasteiger partial charge in [-0.1, -0.05) is 12.1 Å². The van der Waals surface area contributed by atoms with E-state index in [0.29, 0.717) is 11.5 Å². The Bertz CT molecular complexity index is 1070. The minimum atomic E-state index is -0.852. The summed E-state index contributed by atoms with van der Waals surface area (Å²) in [6, 6.07) is 9.94. The smallest absolute Gasteiger partial charge is 0.345 e. The van der Waals surface area contributed by atoms with Gasteiger partial charge in [0.25, 0.3) is 0 Å². The molecule has 2 aliphatic heterocycles. The van der Waals surface area contributed by atoms with Crippen LogP contribution in [0, 0.1) is 6.92 Å². The zero-order chi connectivity index (χ0) is 19.3. The van der Waals surface area contributed by atoms with Gasteiger partial charge >= 0.3 is 5.97 Å². The van der Waals surface area contributed by atoms with Crippen LogP contribution in [0.4, 0.5) is 5.82 Å². The lowest BCUT2D eigenvalue weighted by Gasteiger charge is -2.44. The molecule has 0 radical (unpaired) electrons. The second kappa shape index (κ2) is 6.53. The number of carboxylic acid groups (broad SMARTS) is 1. The third-order valence-corrected chi connectivity index (χ3v) is 7.10. The molecule has 4 heterocycles. The van der Waals surface area contributed by atoms with E-state index in [2.05, 4.69) is 16.0 Å². The summed E-state index contributed by atoms with van der Waals surface area (Å²) < 4.78 is 6.28. The highest BCUT2D eigenvalue weighted by molar-refractivity contribution is 7.14. The standard InChI is InChI=1S/C21H21N3O3S/c1-13-22-16-5-3-2-4-15(16)19(23-13)24-9-7-21(8-10-24)18-14(6-11-27-21)12-17(28-18)20(25)26/h2-5,12H,6-11H2,1H3,(H,25,26). The van der Waals surface area contributed by atoms with E-state index in [1.54, 1.807) is 0 Å². The lowest BCUT2D eigenvalue weighted by Crippen LogP contribution is -2.46. The normalized spacial score (nSPS) is 18.4. The van der Waals surface area contributed by atoms with Crippen molar-refractivity contribution in [1.82, 2.24) is 9.97 Å². The number of rotatable bonds is 2. The fraction of sp³-hybridized carbons (Fsp3) is 0.381. The van der Waals surface area contributed by atoms with E-state index >= 15 is 0 Å². The van der Waals surface area contributed by atoms with Gasteiger partial charge in [-0.25, -0.2) is 14.8 Å². The molecule has 0 amide bonds. The molecule has 2 aromatic heterocycles. The van der Waals surface area contributed by atoms with Crippen molar-refractivity contribution in [2.75, 3.05) is 24.6 Å². The van der Waals surface area contributed by atoms with Crippen LogP contribution < -0.4 is 4.90 Å². The minimum absolute atomic E-state index is 0.361. The molecule has 1 saturated heterocycles. The molecule has 1 fully saturated rings. The number of aromatic nitrogens is 2. The number of thiophene rings is 1. The van der Waals surface area contributed by atoms with E-state index in [1.165, 1.54) is 11.3 Å². The lowest BCUT2D eigenvalue weighted by molar-refractivity contribution is -0.0735. The number of carbonyl (C=O) groups is 1. The zero-order valence-electron chi connectivity index (χ0n) is 15.6. The van der Waals surface area contributed by atoms with E-state index in [1.807, 2.05) is 31.2 Å². The quantitative estimate of drug-likeness (QED) is 0.712. The summed E-state index contributed by atoms with van der Waals surface area (Å²) >= 11 is 1.38. The number of hydrogen-bond acceptors (Lipinski definition) is 6. The second-order valence-electron chi connectivity index (χ2n) is 7.46. The van der Waals surface area contributed by atoms with Gasteiger partial charge in [-0.2, -0.15) is 0 Å². The monoisotopic (exact) mass is 395 g/mol. The van der Waals surface area contributed by atoms with Crippen molar-refractivity contribution in [3.05, 3.63) is 51.5 Å². The second-order valence-corrected chi connectivity index (χ2v) is 8.51. The number of nitrogens with zero attached hydrogens (tertiary/aromatic N) is 3. The Morgan fingerprint density at radius 1 is 1.25 bits per heavy atom. The van der Waals surface area contributed by atoms with Gasteiger partial charge in [0.1, 0.15) is 22.1 Å². The third kappa shape index (κ3) is 2.77. The Labute approximate surface area is 166 Å². The molecule has 2 aliphatic rings. The first-order valence-corrected chi connectivity index (χ1v) is 10.4. The average Bonchev–Trinajstić information content (AvgIpc) is 3.14. The Morgan fingerprint density at radius 3 is 2.82 bits per heavy atom. The van der Waals surface area contributed by atoms with Crippen LogP contribution in [0.15, 0.2) is 30.3 Å². The fourth-order valence-corrected chi connectivity index (χ4v) is 5.64. The summed E-state index contributed by atoms with van der Waals surface area (Å²) in [5, 5.41) is 10.5. The molecule has 5 rings (SSSR count). The van der Waals surface area contributed by atoms with E-state index < -0.39 is 5.97 Å². The zero-order valence-corrected chi connectivity index (χ0v) is 16.5. The molecule has 1 spiro atoms. The van der Waals surface area contributed by atoms with Crippen molar-refractivity contribution in [3.8, 4) is 0 Å². The molecule has 7 heteroatoms. The molecule has 0 bridgehead atoms. The predicted molar refractivity (Wildman–Crippen MR) is 108 cm³/mol. The van der Waals surface area contributed by atoms with Gasteiger partial charge < -0.3 is 14.7 Å². The molecule has 144 valence electrons. The van der Waals surface area contributed by atoms with Gasteiger partial charge in [0.2, 0.25) is 0 Å². The summed E-state index contributed by atoms with van der Waals surface area (Å²) in [5.74, 6) is 0.899. The van der Waals surface area contributed by atoms with Gasteiger partial charge in [0.15, 0.2) is 0 Å². The van der Waals surface area contributed by atoms with Crippen molar-refractivity contribution in [2.45, 2.75) is 31.8 Å². The Morgan fingerprint density at radius 2 is 2.04 bits per heavy atom. The van der Waals surface area contributed by atoms with Gasteiger partial charge in [0.05, 0.1) is 12.1 Å². The summed E-state index contributed by atoms with van der Waals surface area (Å²) in [4.78, 5) is 24.5. The molecular weight excluding hydrogens is 374 g/mol. The number of benzene rings is 1. The number of carboxylic acids is 1. The minimum Gasteiger partial charge on any atom is -0.477 e. The molecule has 1 aromatic carbocycles. The van der Waals surface area contributed by atoms with Crippen LogP contribution in [0.5, 0.6) is 0 Å². The summed E-state index contributed by atoms with van der Waals surface area (Å²) in [5.41, 5.74) is 1.75. The Kier molecular flexibility index (Phi) is 4.10. The van der Waals surface area contributed by atoms with Crippen molar-refractivity contribution in [1.29, 1.82) is 0 Å². The average molecular weight is 395 g/mol. The van der Waals surface area contributed by atoms with Crippen LogP contribution in [0.25, 0.3) is 10.9 Å². The fourth-order valence-electron chi connectivity index (χ4n) is 4.39. The van der Waals surface area contributed by atoms with E-state index in [-0.39, 0.29) is 5.60 Å². The number of piperidine rings is 1. The molecule has 0 saturated carbocycles. The SMILES string of the molecule is Cc1nc(N2CCC3(CC2)OCCc2cc(C(=O)O)sc23)c2ccccc2n1. The van der Waals surface area contributed by atoms with Gasteiger partial charge in [0, 0.05) is 23.4 Å². The van der Waals surface area contributed by atoms with E-state index in [0.717, 1.165) is 65.3 Å². The number of anilines is 1. The predicted octanol–water partition coefficient (Wildman–Crippen LogP) is 3.77. The van der Waals surface area contributed by atoms with Gasteiger partial charge in [-0.05, 0) is 49.9 Å². The maximum Gasteiger partial charge on any atom is 0.345 e. The Hall–Kier alpha value is -2.51. The molecule has 3 aromatic rings. The van der Waals surface area contributed by atoms with E-state index in [9.17, 15) is 9.90 Å². The first kappa shape index (κ1) is 17.6. The molecule has 0 aliphatic carbocycles. The summed E-state index contributed by atoms with van der Waals surface area (Å²) in [6.45, 7) is 4.22. The van der Waals surface area contributed by atoms with Crippen LogP contribution in [-0.2, 0) is 16.8 Å². The topological polar surface area (TPSA) is 75.6 Å². The maximum atomic E-state index is 11.4. The number of aromatic carboxylic acids is 1. The van der Waals surface area contributed by atoms with Crippen molar-refractivity contribution < 1.29 is 14.6 Å². The Balaban J connectivity index is 1.46. The van der Waals surface area contributed by atoms with Gasteiger partial charge in [-0.3, -0.25) is 0 Å². The van der Waals surface area contributed by atoms with Crippen LogP contribution in [0.3, 0.4) is 0 Å². The van der Waals surface area contributed by atoms with Crippen LogP contribution in [0.2, 0.25) is 0 Å². The van der Waals surface area contributed by atoms with Crippen LogP contribution in [0.1, 0.15) is 38.8 Å². The highest BCUT2D eigenvalue weighted by Gasteiger charge is 2.43. The first-order valence-electron chi connectivity index (χ1n) is 9.54. The van der Waals surface area contributed by atoms with Crippen LogP contribution in [-0.4, -0.2) is 40.7 Å². The number of aryl methyl sites for hydroxylation is 1. The molecule has 1 N–H and O–H groups in total. The third-order valence-electron chi connectivity index (χ3n) is 5.75. The van der Waals surface area contributed by atoms with E-state index in [4.69, 9.17) is 9.72 Å². The highest BCUT2D eigenvalue weighted by Crippen LogP contribution is 2.46. The number of para-hydroxylation sites is 1. The lowest BCUT2D eigenvalue weighted by atomic mass is 9.85. The largest absolute Gasteiger partial charge is 0.477 e. The van der Waals surface area contributed by atoms with Crippen molar-refractivity contribution in [3.63, 3.8) is 0 Å². The maximum absolute atomic E-state index is 11.4. The highest BCUT2D eigenvalue weighted by atomic mass is 32.1. The van der Waals surface area contributed by atoms with Crippen LogP contribution >= 0.6 is 11.3 Å². The molecular formula is C21H21N3O3S. The van der Waals surface area contributed by atoms with Crippen molar-refractivity contribution in [2.24, 2.45) is 0 Å².